The number of aromatic nitrogens is 4. The molecule has 1 aliphatic heterocycles. The normalized spacial score (nSPS) is 15.1. The predicted octanol–water partition coefficient (Wildman–Crippen LogP) is 1.69. The Hall–Kier alpha value is -2.62. The monoisotopic (exact) mass is 321 g/mol. The summed E-state index contributed by atoms with van der Waals surface area (Å²) < 4.78 is 2.27. The van der Waals surface area contributed by atoms with E-state index in [2.05, 4.69) is 43.1 Å². The van der Waals surface area contributed by atoms with Crippen molar-refractivity contribution in [3.8, 4) is 23.0 Å². The molecule has 24 heavy (non-hydrogen) atoms. The largest absolute Gasteiger partial charge is 0.378 e. The minimum atomic E-state index is -1.03. The summed E-state index contributed by atoms with van der Waals surface area (Å²) in [7, 11) is 0. The van der Waals surface area contributed by atoms with Crippen molar-refractivity contribution in [2.75, 3.05) is 13.1 Å². The van der Waals surface area contributed by atoms with E-state index in [4.69, 9.17) is 0 Å². The van der Waals surface area contributed by atoms with Crippen molar-refractivity contribution in [2.24, 2.45) is 0 Å². The topological polar surface area (TPSA) is 78.8 Å². The number of aromatic amines is 1. The Morgan fingerprint density at radius 3 is 2.79 bits per heavy atom. The van der Waals surface area contributed by atoms with Crippen molar-refractivity contribution in [3.63, 3.8) is 0 Å². The van der Waals surface area contributed by atoms with Crippen LogP contribution in [0.3, 0.4) is 0 Å². The smallest absolute Gasteiger partial charge is 0.120 e. The molecule has 0 aliphatic carbocycles. The first kappa shape index (κ1) is 14.9. The van der Waals surface area contributed by atoms with Crippen LogP contribution in [0.25, 0.3) is 22.0 Å². The molecular formula is C18H19N5O. The minimum Gasteiger partial charge on any atom is -0.378 e. The summed E-state index contributed by atoms with van der Waals surface area (Å²) in [6.07, 6.45) is 7.74. The third-order valence-corrected chi connectivity index (χ3v) is 4.18. The predicted molar refractivity (Wildman–Crippen MR) is 92.4 cm³/mol. The van der Waals surface area contributed by atoms with E-state index in [9.17, 15) is 5.11 Å². The maximum absolute atomic E-state index is 9.79. The molecule has 6 heteroatoms. The molecule has 0 bridgehead atoms. The van der Waals surface area contributed by atoms with Crippen molar-refractivity contribution in [2.45, 2.75) is 25.5 Å². The second-order valence-corrected chi connectivity index (χ2v) is 6.64. The zero-order chi connectivity index (χ0) is 16.7. The molecule has 0 saturated carbocycles. The molecule has 3 aromatic heterocycles. The van der Waals surface area contributed by atoms with Gasteiger partial charge in [-0.3, -0.25) is 5.10 Å². The minimum absolute atomic E-state index is 0.447. The number of pyridine rings is 1. The molecule has 1 fully saturated rings. The van der Waals surface area contributed by atoms with E-state index in [1.165, 1.54) is 0 Å². The number of hydrogen-bond acceptors (Lipinski definition) is 4. The summed E-state index contributed by atoms with van der Waals surface area (Å²) in [5, 5.41) is 21.1. The highest BCUT2D eigenvalue weighted by molar-refractivity contribution is 5.96. The van der Waals surface area contributed by atoms with E-state index < -0.39 is 5.60 Å². The lowest BCUT2D eigenvalue weighted by atomic mass is 10.1. The maximum atomic E-state index is 9.79. The van der Waals surface area contributed by atoms with E-state index in [1.54, 1.807) is 13.8 Å². The van der Waals surface area contributed by atoms with Crippen LogP contribution < -0.4 is 5.32 Å². The zero-order valence-electron chi connectivity index (χ0n) is 13.7. The first-order chi connectivity index (χ1) is 11.5. The molecule has 1 saturated heterocycles. The number of nitrogens with zero attached hydrogens (tertiary/aromatic N) is 3. The Labute approximate surface area is 139 Å². The van der Waals surface area contributed by atoms with Crippen molar-refractivity contribution in [3.05, 3.63) is 36.5 Å². The van der Waals surface area contributed by atoms with E-state index in [1.807, 2.05) is 24.7 Å². The van der Waals surface area contributed by atoms with Gasteiger partial charge in [0.1, 0.15) is 11.3 Å². The molecule has 1 aliphatic rings. The van der Waals surface area contributed by atoms with Gasteiger partial charge in [-0.15, -0.1) is 0 Å². The number of nitrogens with one attached hydrogen (secondary N) is 2. The summed E-state index contributed by atoms with van der Waals surface area (Å²) in [6, 6.07) is 2.43. The van der Waals surface area contributed by atoms with Gasteiger partial charge in [-0.2, -0.15) is 5.10 Å². The van der Waals surface area contributed by atoms with Gasteiger partial charge < -0.3 is 15.0 Å². The van der Waals surface area contributed by atoms with Crippen LogP contribution in [0.1, 0.15) is 25.6 Å². The fourth-order valence-electron chi connectivity index (χ4n) is 2.83. The summed E-state index contributed by atoms with van der Waals surface area (Å²) in [5.74, 6) is 5.78. The van der Waals surface area contributed by atoms with Crippen LogP contribution in [0, 0.1) is 11.8 Å². The molecule has 0 atom stereocenters. The summed E-state index contributed by atoms with van der Waals surface area (Å²) in [6.45, 7) is 5.26. The Balaban J connectivity index is 1.87. The lowest BCUT2D eigenvalue weighted by molar-refractivity contribution is 0.143. The van der Waals surface area contributed by atoms with E-state index in [0.29, 0.717) is 11.7 Å². The second kappa shape index (κ2) is 5.48. The van der Waals surface area contributed by atoms with Crippen LogP contribution in [0.2, 0.25) is 0 Å². The molecule has 0 amide bonds. The summed E-state index contributed by atoms with van der Waals surface area (Å²) in [4.78, 5) is 4.46. The van der Waals surface area contributed by atoms with E-state index >= 15 is 0 Å². The molecule has 0 spiro atoms. The Morgan fingerprint density at radius 1 is 1.33 bits per heavy atom. The molecule has 3 N–H and O–H groups in total. The van der Waals surface area contributed by atoms with Crippen LogP contribution in [0.4, 0.5) is 0 Å². The van der Waals surface area contributed by atoms with Gasteiger partial charge in [-0.25, -0.2) is 4.98 Å². The molecule has 4 heterocycles. The van der Waals surface area contributed by atoms with E-state index in [-0.39, 0.29) is 0 Å². The van der Waals surface area contributed by atoms with Crippen LogP contribution in [-0.4, -0.2) is 43.5 Å². The van der Waals surface area contributed by atoms with Gasteiger partial charge in [-0.05, 0) is 25.8 Å². The number of aliphatic hydroxyl groups is 1. The quantitative estimate of drug-likeness (QED) is 0.628. The van der Waals surface area contributed by atoms with Gasteiger partial charge in [0.2, 0.25) is 0 Å². The van der Waals surface area contributed by atoms with E-state index in [0.717, 1.165) is 35.1 Å². The number of rotatable bonds is 2. The fourth-order valence-corrected chi connectivity index (χ4v) is 2.83. The number of hydrogen-bond donors (Lipinski definition) is 3. The van der Waals surface area contributed by atoms with Gasteiger partial charge in [0, 0.05) is 42.0 Å². The maximum Gasteiger partial charge on any atom is 0.120 e. The highest BCUT2D eigenvalue weighted by atomic mass is 16.3. The third-order valence-electron chi connectivity index (χ3n) is 4.18. The molecule has 4 rings (SSSR count). The highest BCUT2D eigenvalue weighted by Crippen LogP contribution is 2.33. The lowest BCUT2D eigenvalue weighted by Gasteiger charge is -2.29. The SMILES string of the molecule is CC(C)(O)C#Cc1cc2c(-c3cn[nH]c3)cn(C3CNC3)c2cn1. The summed E-state index contributed by atoms with van der Waals surface area (Å²) >= 11 is 0. The summed E-state index contributed by atoms with van der Waals surface area (Å²) in [5.41, 5.74) is 2.86. The molecule has 6 nitrogen and oxygen atoms in total. The first-order valence-corrected chi connectivity index (χ1v) is 7.97. The first-order valence-electron chi connectivity index (χ1n) is 7.97. The van der Waals surface area contributed by atoms with Crippen LogP contribution in [0.5, 0.6) is 0 Å². The molecule has 3 aromatic rings. The standard InChI is InChI=1S/C18H19N5O/c1-18(2,24)4-3-13-5-15-16(12-6-21-22-7-12)11-23(14-8-19-9-14)17(15)10-20-13/h5-7,10-11,14,19,24H,8-9H2,1-2H3,(H,21,22). The van der Waals surface area contributed by atoms with Gasteiger partial charge in [-0.1, -0.05) is 5.92 Å². The highest BCUT2D eigenvalue weighted by Gasteiger charge is 2.22. The van der Waals surface area contributed by atoms with Gasteiger partial charge >= 0.3 is 0 Å². The van der Waals surface area contributed by atoms with Crippen molar-refractivity contribution in [1.82, 2.24) is 25.1 Å². The van der Waals surface area contributed by atoms with Crippen molar-refractivity contribution >= 4 is 10.9 Å². The number of fused-ring (bicyclic) bond motifs is 1. The Bertz CT molecular complexity index is 934. The Kier molecular flexibility index (Phi) is 3.41. The lowest BCUT2D eigenvalue weighted by Crippen LogP contribution is -2.43. The molecule has 0 radical (unpaired) electrons. The van der Waals surface area contributed by atoms with Crippen LogP contribution >= 0.6 is 0 Å². The van der Waals surface area contributed by atoms with Gasteiger partial charge in [0.15, 0.2) is 0 Å². The average Bonchev–Trinajstić information content (AvgIpc) is 3.10. The van der Waals surface area contributed by atoms with Gasteiger partial charge in [0.05, 0.1) is 24.0 Å². The molecule has 0 aromatic carbocycles. The third kappa shape index (κ3) is 2.68. The van der Waals surface area contributed by atoms with Crippen molar-refractivity contribution in [1.29, 1.82) is 0 Å². The van der Waals surface area contributed by atoms with Crippen LogP contribution in [-0.2, 0) is 0 Å². The van der Waals surface area contributed by atoms with Crippen molar-refractivity contribution < 1.29 is 5.11 Å². The zero-order valence-corrected chi connectivity index (χ0v) is 13.7. The van der Waals surface area contributed by atoms with Crippen LogP contribution in [0.15, 0.2) is 30.9 Å². The van der Waals surface area contributed by atoms with Gasteiger partial charge in [0.25, 0.3) is 0 Å². The molecule has 122 valence electrons. The fraction of sp³-hybridized carbons (Fsp3) is 0.333. The molecule has 0 unspecified atom stereocenters. The molecular weight excluding hydrogens is 302 g/mol. The number of H-pyrrole nitrogens is 1. The second-order valence-electron chi connectivity index (χ2n) is 6.64. The Morgan fingerprint density at radius 2 is 2.17 bits per heavy atom. The average molecular weight is 321 g/mol.